The first-order valence-electron chi connectivity index (χ1n) is 5.70. The molecule has 17 heavy (non-hydrogen) atoms. The molecule has 1 unspecified atom stereocenters. The fraction of sp³-hybridized carbons (Fsp3) is 0.500. The monoisotopic (exact) mass is 270 g/mol. The smallest absolute Gasteiger partial charge is 0.160 e. The summed E-state index contributed by atoms with van der Waals surface area (Å²) in [4.78, 5) is 11.0. The Morgan fingerprint density at radius 2 is 2.18 bits per heavy atom. The Kier molecular flexibility index (Phi) is 3.97. The number of halogens is 1. The van der Waals surface area contributed by atoms with Crippen molar-refractivity contribution in [1.29, 1.82) is 0 Å². The molecule has 0 fully saturated rings. The Morgan fingerprint density at radius 3 is 2.82 bits per heavy atom. The molecule has 1 atom stereocenters. The van der Waals surface area contributed by atoms with Crippen molar-refractivity contribution in [1.82, 2.24) is 9.97 Å². The van der Waals surface area contributed by atoms with E-state index in [2.05, 4.69) is 16.9 Å². The first-order chi connectivity index (χ1) is 8.15. The highest BCUT2D eigenvalue weighted by Crippen LogP contribution is 2.30. The first kappa shape index (κ1) is 12.7. The largest absolute Gasteiger partial charge is 0.371 e. The highest BCUT2D eigenvalue weighted by Gasteiger charge is 2.16. The number of ether oxygens (including phenoxy) is 1. The number of aromatic nitrogens is 2. The number of thiophene rings is 1. The molecule has 5 heteroatoms. The molecule has 2 aromatic rings. The first-order valence-corrected chi connectivity index (χ1v) is 6.90. The van der Waals surface area contributed by atoms with Crippen LogP contribution in [0.4, 0.5) is 0 Å². The molecule has 0 amide bonds. The Morgan fingerprint density at radius 1 is 1.41 bits per heavy atom. The molecule has 0 saturated heterocycles. The average molecular weight is 271 g/mol. The third-order valence-electron chi connectivity index (χ3n) is 2.51. The maximum atomic E-state index is 6.18. The van der Waals surface area contributed by atoms with E-state index in [4.69, 9.17) is 16.3 Å². The van der Waals surface area contributed by atoms with Gasteiger partial charge in [0.1, 0.15) is 16.1 Å². The van der Waals surface area contributed by atoms with Crippen molar-refractivity contribution in [3.8, 4) is 0 Å². The molecule has 3 nitrogen and oxygen atoms in total. The molecule has 0 radical (unpaired) electrons. The van der Waals surface area contributed by atoms with Gasteiger partial charge < -0.3 is 4.74 Å². The van der Waals surface area contributed by atoms with E-state index in [0.29, 0.717) is 17.6 Å². The summed E-state index contributed by atoms with van der Waals surface area (Å²) >= 11 is 7.81. The second kappa shape index (κ2) is 5.29. The normalized spacial score (nSPS) is 13.2. The summed E-state index contributed by atoms with van der Waals surface area (Å²) in [6.07, 6.45) is 0.782. The van der Waals surface area contributed by atoms with Gasteiger partial charge in [-0.25, -0.2) is 9.97 Å². The van der Waals surface area contributed by atoms with Crippen LogP contribution in [0, 0.1) is 6.92 Å². The quantitative estimate of drug-likeness (QED) is 0.783. The van der Waals surface area contributed by atoms with Crippen molar-refractivity contribution in [2.24, 2.45) is 0 Å². The lowest BCUT2D eigenvalue weighted by atomic mass is 10.2. The maximum Gasteiger partial charge on any atom is 0.160 e. The third-order valence-corrected chi connectivity index (χ3v) is 3.75. The zero-order valence-electron chi connectivity index (χ0n) is 10.2. The molecule has 0 spiro atoms. The van der Waals surface area contributed by atoms with Crippen molar-refractivity contribution < 1.29 is 4.74 Å². The number of nitrogens with zero attached hydrogens (tertiary/aromatic N) is 2. The van der Waals surface area contributed by atoms with E-state index in [1.54, 1.807) is 11.3 Å². The van der Waals surface area contributed by atoms with Gasteiger partial charge in [0.15, 0.2) is 5.82 Å². The fourth-order valence-electron chi connectivity index (χ4n) is 1.74. The van der Waals surface area contributed by atoms with E-state index in [1.807, 2.05) is 19.9 Å². The molecule has 0 aliphatic rings. The van der Waals surface area contributed by atoms with Crippen LogP contribution in [0.3, 0.4) is 0 Å². The van der Waals surface area contributed by atoms with Crippen LogP contribution in [0.1, 0.15) is 37.1 Å². The van der Waals surface area contributed by atoms with Crippen molar-refractivity contribution >= 4 is 33.2 Å². The molecule has 0 aliphatic carbocycles. The number of rotatable bonds is 4. The third kappa shape index (κ3) is 2.59. The molecule has 2 aromatic heterocycles. The number of hydrogen-bond donors (Lipinski definition) is 0. The number of hydrogen-bond acceptors (Lipinski definition) is 4. The SMILES string of the molecule is CCOC(CC)c1nc(Cl)c2cc(C)sc2n1. The van der Waals surface area contributed by atoms with Crippen LogP contribution in [0.15, 0.2) is 6.07 Å². The molecule has 0 bridgehead atoms. The fourth-order valence-corrected chi connectivity index (χ4v) is 2.92. The lowest BCUT2D eigenvalue weighted by Gasteiger charge is -2.13. The zero-order chi connectivity index (χ0) is 12.4. The van der Waals surface area contributed by atoms with Crippen molar-refractivity contribution in [2.45, 2.75) is 33.3 Å². The number of fused-ring (bicyclic) bond motifs is 1. The van der Waals surface area contributed by atoms with Gasteiger partial charge in [-0.3, -0.25) is 0 Å². The van der Waals surface area contributed by atoms with Crippen LogP contribution < -0.4 is 0 Å². The summed E-state index contributed by atoms with van der Waals surface area (Å²) in [5.74, 6) is 0.689. The minimum absolute atomic E-state index is 0.0655. The van der Waals surface area contributed by atoms with Crippen LogP contribution in [0.25, 0.3) is 10.2 Å². The minimum atomic E-state index is -0.0655. The summed E-state index contributed by atoms with van der Waals surface area (Å²) in [7, 11) is 0. The van der Waals surface area contributed by atoms with Gasteiger partial charge in [-0.1, -0.05) is 18.5 Å². The van der Waals surface area contributed by atoms with Crippen LogP contribution in [-0.4, -0.2) is 16.6 Å². The van der Waals surface area contributed by atoms with E-state index >= 15 is 0 Å². The van der Waals surface area contributed by atoms with Gasteiger partial charge in [0.2, 0.25) is 0 Å². The Balaban J connectivity index is 2.47. The minimum Gasteiger partial charge on any atom is -0.371 e. The highest BCUT2D eigenvalue weighted by atomic mass is 35.5. The average Bonchev–Trinajstić information content (AvgIpc) is 2.67. The van der Waals surface area contributed by atoms with Crippen LogP contribution in [0.5, 0.6) is 0 Å². The molecule has 2 heterocycles. The van der Waals surface area contributed by atoms with E-state index in [1.165, 1.54) is 4.88 Å². The molecule has 0 saturated carbocycles. The summed E-state index contributed by atoms with van der Waals surface area (Å²) in [5, 5.41) is 1.46. The van der Waals surface area contributed by atoms with Gasteiger partial charge in [0, 0.05) is 16.9 Å². The Hall–Kier alpha value is -0.710. The van der Waals surface area contributed by atoms with Crippen LogP contribution in [0.2, 0.25) is 5.15 Å². The van der Waals surface area contributed by atoms with Crippen LogP contribution >= 0.6 is 22.9 Å². The lowest BCUT2D eigenvalue weighted by molar-refractivity contribution is 0.0538. The summed E-state index contributed by atoms with van der Waals surface area (Å²) in [6, 6.07) is 2.02. The van der Waals surface area contributed by atoms with Crippen LogP contribution in [-0.2, 0) is 4.74 Å². The maximum absolute atomic E-state index is 6.18. The standard InChI is InChI=1S/C12H15ClN2OS/c1-4-9(16-5-2)11-14-10(13)8-6-7(3)17-12(8)15-11/h6,9H,4-5H2,1-3H3. The van der Waals surface area contributed by atoms with Gasteiger partial charge in [-0.05, 0) is 26.3 Å². The molecule has 0 aliphatic heterocycles. The van der Waals surface area contributed by atoms with Gasteiger partial charge >= 0.3 is 0 Å². The van der Waals surface area contributed by atoms with Gasteiger partial charge in [-0.15, -0.1) is 11.3 Å². The van der Waals surface area contributed by atoms with E-state index in [9.17, 15) is 0 Å². The molecule has 0 N–H and O–H groups in total. The molecule has 92 valence electrons. The summed E-state index contributed by atoms with van der Waals surface area (Å²) in [5.41, 5.74) is 0. The molecular weight excluding hydrogens is 256 g/mol. The van der Waals surface area contributed by atoms with Crippen molar-refractivity contribution in [2.75, 3.05) is 6.61 Å². The molecular formula is C12H15ClN2OS. The highest BCUT2D eigenvalue weighted by molar-refractivity contribution is 7.18. The van der Waals surface area contributed by atoms with Crippen molar-refractivity contribution in [3.63, 3.8) is 0 Å². The van der Waals surface area contributed by atoms with E-state index < -0.39 is 0 Å². The Labute approximate surface area is 110 Å². The summed E-state index contributed by atoms with van der Waals surface area (Å²) < 4.78 is 5.61. The predicted octanol–water partition coefficient (Wildman–Crippen LogP) is 4.14. The summed E-state index contributed by atoms with van der Waals surface area (Å²) in [6.45, 7) is 6.72. The van der Waals surface area contributed by atoms with Crippen molar-refractivity contribution in [3.05, 3.63) is 21.9 Å². The van der Waals surface area contributed by atoms with Gasteiger partial charge in [-0.2, -0.15) is 0 Å². The topological polar surface area (TPSA) is 35.0 Å². The lowest BCUT2D eigenvalue weighted by Crippen LogP contribution is -2.07. The zero-order valence-corrected chi connectivity index (χ0v) is 11.7. The molecule has 2 rings (SSSR count). The van der Waals surface area contributed by atoms with E-state index in [-0.39, 0.29) is 6.10 Å². The second-order valence-electron chi connectivity index (χ2n) is 3.80. The number of aryl methyl sites for hydroxylation is 1. The van der Waals surface area contributed by atoms with E-state index in [0.717, 1.165) is 16.6 Å². The van der Waals surface area contributed by atoms with Gasteiger partial charge in [0.05, 0.1) is 0 Å². The predicted molar refractivity (Wildman–Crippen MR) is 71.8 cm³/mol. The van der Waals surface area contributed by atoms with Gasteiger partial charge in [0.25, 0.3) is 0 Å². The second-order valence-corrected chi connectivity index (χ2v) is 5.39. The Bertz CT molecular complexity index is 526. The molecule has 0 aromatic carbocycles.